The van der Waals surface area contributed by atoms with Gasteiger partial charge in [-0.15, -0.1) is 0 Å². The molecule has 0 unspecified atom stereocenters. The third-order valence-electron chi connectivity index (χ3n) is 2.96. The summed E-state index contributed by atoms with van der Waals surface area (Å²) in [7, 11) is 0. The van der Waals surface area contributed by atoms with Crippen LogP contribution in [0.3, 0.4) is 0 Å². The van der Waals surface area contributed by atoms with Crippen molar-refractivity contribution in [1.82, 2.24) is 0 Å². The highest BCUT2D eigenvalue weighted by Crippen LogP contribution is 2.21. The summed E-state index contributed by atoms with van der Waals surface area (Å²) in [4.78, 5) is 23.2. The average molecular weight is 316 g/mol. The van der Waals surface area contributed by atoms with Crippen LogP contribution in [0, 0.1) is 5.82 Å². The number of hydrogen-bond donors (Lipinski definition) is 2. The Balaban J connectivity index is 2.14. The van der Waals surface area contributed by atoms with Crippen molar-refractivity contribution in [2.75, 3.05) is 17.2 Å². The number of rotatable bonds is 5. The molecule has 0 radical (unpaired) electrons. The van der Waals surface area contributed by atoms with E-state index in [-0.39, 0.29) is 11.6 Å². The van der Waals surface area contributed by atoms with Gasteiger partial charge in [0.15, 0.2) is 0 Å². The molecule has 6 heteroatoms. The Kier molecular flexibility index (Phi) is 5.30. The molecule has 2 aromatic carbocycles. The highest BCUT2D eigenvalue weighted by Gasteiger charge is 2.11. The SMILES string of the molecule is CCOc1ccc(C(=O)Nc2cc(NC(C)=O)ccc2F)cc1. The Morgan fingerprint density at radius 3 is 2.39 bits per heavy atom. The van der Waals surface area contributed by atoms with Gasteiger partial charge in [-0.1, -0.05) is 0 Å². The van der Waals surface area contributed by atoms with Crippen molar-refractivity contribution in [3.8, 4) is 5.75 Å². The lowest BCUT2D eigenvalue weighted by atomic mass is 10.2. The molecule has 0 spiro atoms. The third kappa shape index (κ3) is 4.54. The Hall–Kier alpha value is -2.89. The van der Waals surface area contributed by atoms with Crippen LogP contribution in [0.2, 0.25) is 0 Å². The zero-order valence-corrected chi connectivity index (χ0v) is 12.9. The summed E-state index contributed by atoms with van der Waals surface area (Å²) >= 11 is 0. The fourth-order valence-corrected chi connectivity index (χ4v) is 1.97. The van der Waals surface area contributed by atoms with E-state index in [2.05, 4.69) is 10.6 Å². The summed E-state index contributed by atoms with van der Waals surface area (Å²) in [5.41, 5.74) is 0.772. The number of ether oxygens (including phenoxy) is 1. The standard InChI is InChI=1S/C17H17FN2O3/c1-3-23-14-7-4-12(5-8-14)17(22)20-16-10-13(19-11(2)21)6-9-15(16)18/h4-10H,3H2,1-2H3,(H,19,21)(H,20,22). The summed E-state index contributed by atoms with van der Waals surface area (Å²) in [5.74, 6) is -0.659. The van der Waals surface area contributed by atoms with Crippen molar-refractivity contribution in [3.63, 3.8) is 0 Å². The molecule has 0 saturated carbocycles. The van der Waals surface area contributed by atoms with Crippen LogP contribution >= 0.6 is 0 Å². The molecule has 2 rings (SSSR count). The number of nitrogens with one attached hydrogen (secondary N) is 2. The summed E-state index contributed by atoms with van der Waals surface area (Å²) in [6.07, 6.45) is 0. The van der Waals surface area contributed by atoms with Crippen molar-refractivity contribution < 1.29 is 18.7 Å². The Bertz CT molecular complexity index is 714. The molecule has 0 aliphatic carbocycles. The summed E-state index contributed by atoms with van der Waals surface area (Å²) in [5, 5.41) is 5.02. The van der Waals surface area contributed by atoms with Gasteiger partial charge < -0.3 is 15.4 Å². The second kappa shape index (κ2) is 7.40. The first-order valence-electron chi connectivity index (χ1n) is 7.11. The third-order valence-corrected chi connectivity index (χ3v) is 2.96. The van der Waals surface area contributed by atoms with Gasteiger partial charge in [-0.3, -0.25) is 9.59 Å². The van der Waals surface area contributed by atoms with Gasteiger partial charge in [0.2, 0.25) is 5.91 Å². The van der Waals surface area contributed by atoms with Gasteiger partial charge in [-0.25, -0.2) is 4.39 Å². The number of carbonyl (C=O) groups is 2. The fourth-order valence-electron chi connectivity index (χ4n) is 1.97. The molecule has 0 aliphatic heterocycles. The second-order valence-electron chi connectivity index (χ2n) is 4.79. The van der Waals surface area contributed by atoms with Gasteiger partial charge in [0.05, 0.1) is 12.3 Å². The maximum atomic E-state index is 13.8. The predicted molar refractivity (Wildman–Crippen MR) is 86.3 cm³/mol. The van der Waals surface area contributed by atoms with E-state index in [0.717, 1.165) is 0 Å². The molecule has 2 amide bonds. The summed E-state index contributed by atoms with van der Waals surface area (Å²) < 4.78 is 19.1. The maximum absolute atomic E-state index is 13.8. The largest absolute Gasteiger partial charge is 0.494 e. The van der Waals surface area contributed by atoms with E-state index in [0.29, 0.717) is 23.6 Å². The Labute approximate surface area is 133 Å². The van der Waals surface area contributed by atoms with Crippen LogP contribution in [-0.4, -0.2) is 18.4 Å². The average Bonchev–Trinajstić information content (AvgIpc) is 2.51. The number of anilines is 2. The van der Waals surface area contributed by atoms with E-state index in [1.54, 1.807) is 24.3 Å². The highest BCUT2D eigenvalue weighted by molar-refractivity contribution is 6.04. The molecular formula is C17H17FN2O3. The van der Waals surface area contributed by atoms with Crippen molar-refractivity contribution >= 4 is 23.2 Å². The molecule has 0 saturated heterocycles. The molecule has 2 N–H and O–H groups in total. The van der Waals surface area contributed by atoms with Crippen LogP contribution in [0.1, 0.15) is 24.2 Å². The zero-order chi connectivity index (χ0) is 16.8. The first kappa shape index (κ1) is 16.5. The van der Waals surface area contributed by atoms with Crippen LogP contribution in [0.5, 0.6) is 5.75 Å². The topological polar surface area (TPSA) is 67.4 Å². The van der Waals surface area contributed by atoms with Crippen LogP contribution in [-0.2, 0) is 4.79 Å². The molecule has 0 heterocycles. The molecule has 5 nitrogen and oxygen atoms in total. The molecule has 0 fully saturated rings. The van der Waals surface area contributed by atoms with Gasteiger partial charge >= 0.3 is 0 Å². The number of benzene rings is 2. The first-order valence-corrected chi connectivity index (χ1v) is 7.11. The molecule has 0 aliphatic rings. The van der Waals surface area contributed by atoms with Gasteiger partial charge in [0.25, 0.3) is 5.91 Å². The maximum Gasteiger partial charge on any atom is 0.255 e. The molecule has 0 bridgehead atoms. The lowest BCUT2D eigenvalue weighted by Crippen LogP contribution is -2.14. The van der Waals surface area contributed by atoms with Crippen LogP contribution in [0.15, 0.2) is 42.5 Å². The molecule has 23 heavy (non-hydrogen) atoms. The quantitative estimate of drug-likeness (QED) is 0.888. The lowest BCUT2D eigenvalue weighted by molar-refractivity contribution is -0.114. The van der Waals surface area contributed by atoms with E-state index >= 15 is 0 Å². The normalized spacial score (nSPS) is 10.0. The van der Waals surface area contributed by atoms with Crippen molar-refractivity contribution in [2.45, 2.75) is 13.8 Å². The van der Waals surface area contributed by atoms with E-state index in [1.807, 2.05) is 6.92 Å². The van der Waals surface area contributed by atoms with Crippen LogP contribution < -0.4 is 15.4 Å². The second-order valence-corrected chi connectivity index (χ2v) is 4.79. The van der Waals surface area contributed by atoms with Crippen LogP contribution in [0.25, 0.3) is 0 Å². The molecule has 0 aromatic heterocycles. The monoisotopic (exact) mass is 316 g/mol. The zero-order valence-electron chi connectivity index (χ0n) is 12.9. The first-order chi connectivity index (χ1) is 11.0. The van der Waals surface area contributed by atoms with E-state index < -0.39 is 11.7 Å². The minimum absolute atomic E-state index is 0.00450. The van der Waals surface area contributed by atoms with E-state index in [9.17, 15) is 14.0 Å². The van der Waals surface area contributed by atoms with E-state index in [4.69, 9.17) is 4.74 Å². The van der Waals surface area contributed by atoms with Gasteiger partial charge in [0, 0.05) is 18.2 Å². The predicted octanol–water partition coefficient (Wildman–Crippen LogP) is 3.44. The summed E-state index contributed by atoms with van der Waals surface area (Å²) in [6.45, 7) is 3.75. The number of carbonyl (C=O) groups excluding carboxylic acids is 2. The van der Waals surface area contributed by atoms with E-state index in [1.165, 1.54) is 25.1 Å². The minimum Gasteiger partial charge on any atom is -0.494 e. The Morgan fingerprint density at radius 2 is 1.78 bits per heavy atom. The van der Waals surface area contributed by atoms with Crippen molar-refractivity contribution in [2.24, 2.45) is 0 Å². The lowest BCUT2D eigenvalue weighted by Gasteiger charge is -2.10. The van der Waals surface area contributed by atoms with Crippen molar-refractivity contribution in [1.29, 1.82) is 0 Å². The van der Waals surface area contributed by atoms with Crippen LogP contribution in [0.4, 0.5) is 15.8 Å². The molecule has 120 valence electrons. The van der Waals surface area contributed by atoms with Gasteiger partial charge in [-0.2, -0.15) is 0 Å². The van der Waals surface area contributed by atoms with Gasteiger partial charge in [0.1, 0.15) is 11.6 Å². The number of amides is 2. The number of halogens is 1. The fraction of sp³-hybridized carbons (Fsp3) is 0.176. The van der Waals surface area contributed by atoms with Gasteiger partial charge in [-0.05, 0) is 49.4 Å². The smallest absolute Gasteiger partial charge is 0.255 e. The number of hydrogen-bond acceptors (Lipinski definition) is 3. The molecular weight excluding hydrogens is 299 g/mol. The molecule has 0 atom stereocenters. The Morgan fingerprint density at radius 1 is 1.09 bits per heavy atom. The van der Waals surface area contributed by atoms with Crippen molar-refractivity contribution in [3.05, 3.63) is 53.8 Å². The molecule has 2 aromatic rings. The minimum atomic E-state index is -0.585. The highest BCUT2D eigenvalue weighted by atomic mass is 19.1. The summed E-state index contributed by atoms with van der Waals surface area (Å²) in [6, 6.07) is 10.5.